The van der Waals surface area contributed by atoms with Gasteiger partial charge in [0.1, 0.15) is 30.1 Å². The lowest BCUT2D eigenvalue weighted by atomic mass is 10.2. The van der Waals surface area contributed by atoms with Crippen molar-refractivity contribution in [1.29, 1.82) is 0 Å². The fourth-order valence-electron chi connectivity index (χ4n) is 1.94. The van der Waals surface area contributed by atoms with E-state index in [4.69, 9.17) is 9.15 Å². The summed E-state index contributed by atoms with van der Waals surface area (Å²) in [6.07, 6.45) is 1.43. The summed E-state index contributed by atoms with van der Waals surface area (Å²) in [7, 11) is 0. The highest BCUT2D eigenvalue weighted by Crippen LogP contribution is 2.22. The minimum Gasteiger partial charge on any atom is -0.487 e. The Kier molecular flexibility index (Phi) is 4.01. The molecule has 0 aliphatic carbocycles. The van der Waals surface area contributed by atoms with Crippen molar-refractivity contribution in [2.75, 3.05) is 0 Å². The van der Waals surface area contributed by atoms with E-state index in [1.807, 2.05) is 0 Å². The van der Waals surface area contributed by atoms with Crippen LogP contribution in [0.25, 0.3) is 11.5 Å². The van der Waals surface area contributed by atoms with Gasteiger partial charge in [0.2, 0.25) is 5.89 Å². The molecule has 0 N–H and O–H groups in total. The minimum absolute atomic E-state index is 0.0466. The van der Waals surface area contributed by atoms with Crippen molar-refractivity contribution in [2.24, 2.45) is 0 Å². The molecule has 0 radical (unpaired) electrons. The highest BCUT2D eigenvalue weighted by molar-refractivity contribution is 5.52. The predicted molar refractivity (Wildman–Crippen MR) is 79.3 cm³/mol. The van der Waals surface area contributed by atoms with Gasteiger partial charge >= 0.3 is 0 Å². The summed E-state index contributed by atoms with van der Waals surface area (Å²) in [5.41, 5.74) is 1.12. The van der Waals surface area contributed by atoms with Crippen LogP contribution in [-0.2, 0) is 6.61 Å². The third-order valence-electron chi connectivity index (χ3n) is 3.06. The van der Waals surface area contributed by atoms with Crippen LogP contribution in [0.4, 0.5) is 10.1 Å². The summed E-state index contributed by atoms with van der Waals surface area (Å²) in [6, 6.07) is 11.6. The van der Waals surface area contributed by atoms with E-state index < -0.39 is 4.92 Å². The highest BCUT2D eigenvalue weighted by Gasteiger charge is 2.09. The molecule has 0 spiro atoms. The molecule has 0 bridgehead atoms. The normalized spacial score (nSPS) is 10.5. The quantitative estimate of drug-likeness (QED) is 0.526. The van der Waals surface area contributed by atoms with Gasteiger partial charge in [-0.05, 0) is 30.3 Å². The first kappa shape index (κ1) is 14.7. The number of ether oxygens (including phenoxy) is 1. The van der Waals surface area contributed by atoms with E-state index in [-0.39, 0.29) is 18.1 Å². The topological polar surface area (TPSA) is 78.4 Å². The molecule has 3 aromatic rings. The molecule has 7 heteroatoms. The summed E-state index contributed by atoms with van der Waals surface area (Å²) in [5, 5.41) is 10.7. The largest absolute Gasteiger partial charge is 0.487 e. The van der Waals surface area contributed by atoms with E-state index in [2.05, 4.69) is 4.98 Å². The molecule has 23 heavy (non-hydrogen) atoms. The van der Waals surface area contributed by atoms with Gasteiger partial charge in [0, 0.05) is 11.6 Å². The number of hydrogen-bond donors (Lipinski definition) is 0. The minimum atomic E-state index is -0.490. The lowest BCUT2D eigenvalue weighted by Crippen LogP contribution is -1.96. The Hall–Kier alpha value is -3.22. The molecule has 0 saturated heterocycles. The van der Waals surface area contributed by atoms with Gasteiger partial charge in [0.15, 0.2) is 0 Å². The Morgan fingerprint density at radius 2 is 2.00 bits per heavy atom. The van der Waals surface area contributed by atoms with E-state index in [0.717, 1.165) is 0 Å². The van der Waals surface area contributed by atoms with Crippen LogP contribution >= 0.6 is 0 Å². The van der Waals surface area contributed by atoms with Crippen molar-refractivity contribution < 1.29 is 18.5 Å². The summed E-state index contributed by atoms with van der Waals surface area (Å²) in [4.78, 5) is 14.5. The SMILES string of the molecule is O=[N+]([O-])c1cccc(OCc2coc(-c3ccc(F)cc3)n2)c1. The Balaban J connectivity index is 1.69. The third-order valence-corrected chi connectivity index (χ3v) is 3.06. The number of rotatable bonds is 5. The van der Waals surface area contributed by atoms with Crippen LogP contribution in [0.3, 0.4) is 0 Å². The zero-order valence-corrected chi connectivity index (χ0v) is 11.8. The van der Waals surface area contributed by atoms with Gasteiger partial charge in [-0.1, -0.05) is 6.07 Å². The van der Waals surface area contributed by atoms with Crippen LogP contribution in [0.1, 0.15) is 5.69 Å². The summed E-state index contributed by atoms with van der Waals surface area (Å²) in [5.74, 6) is 0.378. The fraction of sp³-hybridized carbons (Fsp3) is 0.0625. The van der Waals surface area contributed by atoms with Gasteiger partial charge in [-0.15, -0.1) is 0 Å². The Morgan fingerprint density at radius 3 is 2.74 bits per heavy atom. The Bertz CT molecular complexity index is 830. The van der Waals surface area contributed by atoms with Gasteiger partial charge in [-0.25, -0.2) is 9.37 Å². The molecule has 0 amide bonds. The van der Waals surface area contributed by atoms with Gasteiger partial charge in [-0.3, -0.25) is 10.1 Å². The first-order valence-corrected chi connectivity index (χ1v) is 6.69. The monoisotopic (exact) mass is 314 g/mol. The number of halogens is 1. The number of nitro groups is 1. The molecule has 0 aliphatic rings. The van der Waals surface area contributed by atoms with Crippen molar-refractivity contribution >= 4 is 5.69 Å². The van der Waals surface area contributed by atoms with E-state index in [0.29, 0.717) is 22.9 Å². The first-order valence-electron chi connectivity index (χ1n) is 6.69. The molecule has 116 valence electrons. The first-order chi connectivity index (χ1) is 11.1. The van der Waals surface area contributed by atoms with Crippen molar-refractivity contribution in [3.63, 3.8) is 0 Å². The molecule has 1 heterocycles. The summed E-state index contributed by atoms with van der Waals surface area (Å²) in [6.45, 7) is 0.103. The zero-order valence-electron chi connectivity index (χ0n) is 11.8. The number of non-ortho nitro benzene ring substituents is 1. The maximum Gasteiger partial charge on any atom is 0.273 e. The number of oxazole rings is 1. The molecule has 0 atom stereocenters. The van der Waals surface area contributed by atoms with E-state index in [1.54, 1.807) is 24.3 Å². The van der Waals surface area contributed by atoms with Crippen LogP contribution in [0, 0.1) is 15.9 Å². The lowest BCUT2D eigenvalue weighted by Gasteiger charge is -2.03. The second-order valence-electron chi connectivity index (χ2n) is 4.69. The maximum absolute atomic E-state index is 12.9. The highest BCUT2D eigenvalue weighted by atomic mass is 19.1. The number of benzene rings is 2. The Morgan fingerprint density at radius 1 is 1.22 bits per heavy atom. The number of aromatic nitrogens is 1. The molecule has 3 rings (SSSR count). The van der Waals surface area contributed by atoms with E-state index in [9.17, 15) is 14.5 Å². The average molecular weight is 314 g/mol. The predicted octanol–water partition coefficient (Wildman–Crippen LogP) is 3.97. The van der Waals surface area contributed by atoms with Gasteiger partial charge in [-0.2, -0.15) is 0 Å². The fourth-order valence-corrected chi connectivity index (χ4v) is 1.94. The lowest BCUT2D eigenvalue weighted by molar-refractivity contribution is -0.384. The van der Waals surface area contributed by atoms with Crippen molar-refractivity contribution in [2.45, 2.75) is 6.61 Å². The number of hydrogen-bond acceptors (Lipinski definition) is 5. The third kappa shape index (κ3) is 3.52. The second kappa shape index (κ2) is 6.27. The van der Waals surface area contributed by atoms with Crippen LogP contribution in [0.15, 0.2) is 59.2 Å². The summed E-state index contributed by atoms with van der Waals surface area (Å²) >= 11 is 0. The average Bonchev–Trinajstić information content (AvgIpc) is 3.03. The molecule has 0 fully saturated rings. The van der Waals surface area contributed by atoms with Crippen LogP contribution in [0.5, 0.6) is 5.75 Å². The van der Waals surface area contributed by atoms with Crippen molar-refractivity contribution in [3.05, 3.63) is 76.4 Å². The molecule has 1 aromatic heterocycles. The van der Waals surface area contributed by atoms with Crippen LogP contribution < -0.4 is 4.74 Å². The van der Waals surface area contributed by atoms with Crippen LogP contribution in [0.2, 0.25) is 0 Å². The van der Waals surface area contributed by atoms with Gasteiger partial charge in [0.25, 0.3) is 5.69 Å². The molecule has 0 aliphatic heterocycles. The molecular weight excluding hydrogens is 303 g/mol. The van der Waals surface area contributed by atoms with Crippen molar-refractivity contribution in [1.82, 2.24) is 4.98 Å². The van der Waals surface area contributed by atoms with Gasteiger partial charge in [0.05, 0.1) is 11.0 Å². The van der Waals surface area contributed by atoms with E-state index in [1.165, 1.54) is 30.5 Å². The van der Waals surface area contributed by atoms with Crippen molar-refractivity contribution in [3.8, 4) is 17.2 Å². The smallest absolute Gasteiger partial charge is 0.273 e. The molecule has 2 aromatic carbocycles. The number of nitrogens with zero attached hydrogens (tertiary/aromatic N) is 2. The number of nitro benzene ring substituents is 1. The second-order valence-corrected chi connectivity index (χ2v) is 4.69. The zero-order chi connectivity index (χ0) is 16.2. The van der Waals surface area contributed by atoms with Gasteiger partial charge < -0.3 is 9.15 Å². The molecule has 0 saturated carbocycles. The van der Waals surface area contributed by atoms with Crippen LogP contribution in [-0.4, -0.2) is 9.91 Å². The maximum atomic E-state index is 12.9. The standard InChI is InChI=1S/C16H11FN2O4/c17-12-6-4-11(5-7-12)16-18-13(10-23-16)9-22-15-3-1-2-14(8-15)19(20)21/h1-8,10H,9H2. The molecule has 6 nitrogen and oxygen atoms in total. The molecule has 0 unspecified atom stereocenters. The summed E-state index contributed by atoms with van der Waals surface area (Å²) < 4.78 is 23.7. The molecular formula is C16H11FN2O4. The van der Waals surface area contributed by atoms with E-state index >= 15 is 0 Å². The Labute approximate surface area is 130 Å².